The van der Waals surface area contributed by atoms with E-state index in [1.807, 2.05) is 36.5 Å². The van der Waals surface area contributed by atoms with Gasteiger partial charge in [-0.2, -0.15) is 0 Å². The van der Waals surface area contributed by atoms with Crippen LogP contribution >= 0.6 is 0 Å². The van der Waals surface area contributed by atoms with Crippen molar-refractivity contribution in [2.45, 2.75) is 25.4 Å². The molecule has 0 unspecified atom stereocenters. The number of carbonyl (C=O) groups excluding carboxylic acids is 1. The number of likely N-dealkylation sites (tertiary alicyclic amines) is 1. The lowest BCUT2D eigenvalue weighted by Gasteiger charge is -2.32. The maximum Gasteiger partial charge on any atom is 0.251 e. The number of methoxy groups -OCH3 is 6. The zero-order chi connectivity index (χ0) is 32.6. The molecule has 11 nitrogen and oxygen atoms in total. The Balaban J connectivity index is 1.21. The lowest BCUT2D eigenvalue weighted by Crippen LogP contribution is -2.44. The fraction of sp³-hybridized carbons (Fsp3) is 0.343. The molecular weight excluding hydrogens is 588 g/mol. The zero-order valence-corrected chi connectivity index (χ0v) is 27.1. The molecule has 0 radical (unpaired) electrons. The molecule has 1 N–H and O–H groups in total. The van der Waals surface area contributed by atoms with Gasteiger partial charge in [0, 0.05) is 54.8 Å². The first-order chi connectivity index (χ1) is 22.4. The normalized spacial score (nSPS) is 13.5. The van der Waals surface area contributed by atoms with Crippen LogP contribution in [0, 0.1) is 0 Å². The number of aromatic nitrogens is 2. The third-order valence-electron chi connectivity index (χ3n) is 8.10. The molecule has 0 saturated carbocycles. The largest absolute Gasteiger partial charge is 0.493 e. The van der Waals surface area contributed by atoms with Crippen LogP contribution in [0.2, 0.25) is 0 Å². The van der Waals surface area contributed by atoms with Crippen molar-refractivity contribution in [1.82, 2.24) is 20.2 Å². The first-order valence-corrected chi connectivity index (χ1v) is 15.0. The molecule has 242 valence electrons. The third-order valence-corrected chi connectivity index (χ3v) is 8.10. The van der Waals surface area contributed by atoms with Gasteiger partial charge in [-0.3, -0.25) is 19.7 Å². The van der Waals surface area contributed by atoms with Crippen molar-refractivity contribution in [2.24, 2.45) is 0 Å². The fourth-order valence-corrected chi connectivity index (χ4v) is 5.68. The van der Waals surface area contributed by atoms with Crippen molar-refractivity contribution < 1.29 is 33.2 Å². The van der Waals surface area contributed by atoms with E-state index < -0.39 is 0 Å². The summed E-state index contributed by atoms with van der Waals surface area (Å²) < 4.78 is 32.9. The number of nitrogens with zero attached hydrogens (tertiary/aromatic N) is 3. The summed E-state index contributed by atoms with van der Waals surface area (Å²) in [6, 6.07) is 15.1. The number of piperidine rings is 1. The summed E-state index contributed by atoms with van der Waals surface area (Å²) in [5.41, 5.74) is 4.77. The highest BCUT2D eigenvalue weighted by atomic mass is 16.5. The van der Waals surface area contributed by atoms with Crippen LogP contribution in [0.3, 0.4) is 0 Å². The second kappa shape index (κ2) is 14.8. The van der Waals surface area contributed by atoms with Gasteiger partial charge < -0.3 is 33.7 Å². The van der Waals surface area contributed by atoms with Gasteiger partial charge in [0.1, 0.15) is 0 Å². The summed E-state index contributed by atoms with van der Waals surface area (Å²) in [6.07, 6.45) is 5.15. The van der Waals surface area contributed by atoms with Crippen molar-refractivity contribution in [2.75, 3.05) is 55.7 Å². The zero-order valence-electron chi connectivity index (χ0n) is 27.1. The summed E-state index contributed by atoms with van der Waals surface area (Å²) in [5.74, 6) is 3.11. The second-order valence-corrected chi connectivity index (χ2v) is 10.8. The Hall–Kier alpha value is -5.03. The number of hydrogen-bond acceptors (Lipinski definition) is 10. The molecule has 5 rings (SSSR count). The molecule has 11 heteroatoms. The minimum atomic E-state index is -0.126. The molecule has 1 amide bonds. The summed E-state index contributed by atoms with van der Waals surface area (Å²) in [6.45, 7) is 2.50. The minimum Gasteiger partial charge on any atom is -0.493 e. The lowest BCUT2D eigenvalue weighted by molar-refractivity contribution is 0.0909. The van der Waals surface area contributed by atoms with Gasteiger partial charge in [-0.25, -0.2) is 0 Å². The van der Waals surface area contributed by atoms with Crippen molar-refractivity contribution in [3.63, 3.8) is 0 Å². The van der Waals surface area contributed by atoms with Crippen molar-refractivity contribution in [1.29, 1.82) is 0 Å². The number of amides is 1. The van der Waals surface area contributed by atoms with E-state index in [4.69, 9.17) is 28.4 Å². The van der Waals surface area contributed by atoms with E-state index in [0.29, 0.717) is 45.8 Å². The van der Waals surface area contributed by atoms with Crippen LogP contribution in [-0.4, -0.2) is 82.6 Å². The van der Waals surface area contributed by atoms with Crippen LogP contribution in [0.4, 0.5) is 0 Å². The molecule has 0 bridgehead atoms. The van der Waals surface area contributed by atoms with Crippen LogP contribution in [0.15, 0.2) is 60.9 Å². The average molecular weight is 629 g/mol. The Morgan fingerprint density at radius 2 is 1.17 bits per heavy atom. The molecule has 1 fully saturated rings. The number of hydrogen-bond donors (Lipinski definition) is 1. The van der Waals surface area contributed by atoms with Crippen LogP contribution in [0.5, 0.6) is 34.5 Å². The summed E-state index contributed by atoms with van der Waals surface area (Å²) in [7, 11) is 9.47. The maximum atomic E-state index is 13.3. The summed E-state index contributed by atoms with van der Waals surface area (Å²) in [5, 5.41) is 3.22. The highest BCUT2D eigenvalue weighted by Gasteiger charge is 2.23. The van der Waals surface area contributed by atoms with Gasteiger partial charge in [-0.1, -0.05) is 0 Å². The number of carbonyl (C=O) groups is 1. The van der Waals surface area contributed by atoms with Gasteiger partial charge >= 0.3 is 0 Å². The van der Waals surface area contributed by atoms with E-state index >= 15 is 0 Å². The van der Waals surface area contributed by atoms with Crippen LogP contribution < -0.4 is 33.7 Å². The number of nitrogens with one attached hydrogen (secondary N) is 1. The molecule has 2 aromatic carbocycles. The number of rotatable bonds is 12. The Bertz CT molecular complexity index is 1620. The molecule has 1 aliphatic rings. The topological polar surface area (TPSA) is 114 Å². The highest BCUT2D eigenvalue weighted by Crippen LogP contribution is 2.42. The first-order valence-electron chi connectivity index (χ1n) is 15.0. The van der Waals surface area contributed by atoms with Gasteiger partial charge in [-0.05, 0) is 66.9 Å². The molecule has 0 aliphatic carbocycles. The Morgan fingerprint density at radius 3 is 1.65 bits per heavy atom. The molecule has 1 saturated heterocycles. The van der Waals surface area contributed by atoms with Crippen LogP contribution in [0.1, 0.15) is 28.8 Å². The predicted octanol–water partition coefficient (Wildman–Crippen LogP) is 5.26. The first kappa shape index (κ1) is 32.4. The van der Waals surface area contributed by atoms with E-state index in [-0.39, 0.29) is 11.9 Å². The Morgan fingerprint density at radius 1 is 0.696 bits per heavy atom. The Kier molecular flexibility index (Phi) is 10.4. The second-order valence-electron chi connectivity index (χ2n) is 10.8. The van der Waals surface area contributed by atoms with E-state index in [1.54, 1.807) is 61.0 Å². The summed E-state index contributed by atoms with van der Waals surface area (Å²) in [4.78, 5) is 24.7. The number of pyridine rings is 2. The van der Waals surface area contributed by atoms with E-state index in [0.717, 1.165) is 54.9 Å². The molecular formula is C35H40N4O7. The van der Waals surface area contributed by atoms with Crippen LogP contribution in [0.25, 0.3) is 22.5 Å². The highest BCUT2D eigenvalue weighted by molar-refractivity contribution is 5.95. The maximum absolute atomic E-state index is 13.3. The molecule has 1 aliphatic heterocycles. The van der Waals surface area contributed by atoms with Crippen molar-refractivity contribution in [3.8, 4) is 57.0 Å². The molecule has 0 spiro atoms. The smallest absolute Gasteiger partial charge is 0.251 e. The van der Waals surface area contributed by atoms with Gasteiger partial charge in [0.05, 0.1) is 54.0 Å². The average Bonchev–Trinajstić information content (AvgIpc) is 3.11. The van der Waals surface area contributed by atoms with E-state index in [9.17, 15) is 4.79 Å². The summed E-state index contributed by atoms with van der Waals surface area (Å²) >= 11 is 0. The third kappa shape index (κ3) is 7.10. The minimum absolute atomic E-state index is 0.0776. The number of ether oxygens (including phenoxy) is 6. The van der Waals surface area contributed by atoms with Gasteiger partial charge in [0.2, 0.25) is 11.5 Å². The monoisotopic (exact) mass is 628 g/mol. The van der Waals surface area contributed by atoms with E-state index in [1.165, 1.54) is 0 Å². The molecule has 0 atom stereocenters. The van der Waals surface area contributed by atoms with Crippen molar-refractivity contribution >= 4 is 5.91 Å². The molecule has 3 heterocycles. The van der Waals surface area contributed by atoms with Gasteiger partial charge in [-0.15, -0.1) is 0 Å². The fourth-order valence-electron chi connectivity index (χ4n) is 5.68. The molecule has 2 aromatic heterocycles. The van der Waals surface area contributed by atoms with Gasteiger partial charge in [0.15, 0.2) is 23.0 Å². The molecule has 46 heavy (non-hydrogen) atoms. The predicted molar refractivity (Wildman–Crippen MR) is 174 cm³/mol. The lowest BCUT2D eigenvalue weighted by atomic mass is 10.0. The van der Waals surface area contributed by atoms with E-state index in [2.05, 4.69) is 26.3 Å². The quantitative estimate of drug-likeness (QED) is 0.223. The van der Waals surface area contributed by atoms with Crippen molar-refractivity contribution in [3.05, 3.63) is 72.1 Å². The van der Waals surface area contributed by atoms with Gasteiger partial charge in [0.25, 0.3) is 5.91 Å². The SMILES string of the molecule is COc1cc(-c2cc(CN3CCC(NC(=O)c4ccnc(-c5cc(OC)c(OC)c(OC)c5)c4)CC3)ccn2)cc(OC)c1OC. The Labute approximate surface area is 269 Å². The number of benzene rings is 2. The van der Waals surface area contributed by atoms with Crippen LogP contribution in [-0.2, 0) is 6.54 Å². The molecule has 4 aromatic rings. The standard InChI is InChI=1S/C35H40N4O7/c1-41-29-17-24(18-30(42-2)33(29)45-5)27-15-22(7-11-36-27)21-39-13-9-26(10-14-39)38-35(40)23-8-12-37-28(16-23)25-19-31(43-3)34(46-6)32(20-25)44-4/h7-8,11-12,15-20,26H,9-10,13-14,21H2,1-6H3,(H,38,40).